The lowest BCUT2D eigenvalue weighted by Crippen LogP contribution is -2.59. The summed E-state index contributed by atoms with van der Waals surface area (Å²) in [5.74, 6) is 0.803. The van der Waals surface area contributed by atoms with Gasteiger partial charge in [0.15, 0.2) is 0 Å². The molecule has 3 aliphatic rings. The fourth-order valence-electron chi connectivity index (χ4n) is 4.54. The Morgan fingerprint density at radius 3 is 2.79 bits per heavy atom. The van der Waals surface area contributed by atoms with E-state index >= 15 is 0 Å². The maximum Gasteiger partial charge on any atom is 0.0496 e. The summed E-state index contributed by atoms with van der Waals surface area (Å²) in [6, 6.07) is 0.711. The first-order valence-electron chi connectivity index (χ1n) is 7.99. The first kappa shape index (κ1) is 13.8. The maximum atomic E-state index is 6.24. The van der Waals surface area contributed by atoms with Crippen molar-refractivity contribution < 1.29 is 4.74 Å². The Morgan fingerprint density at radius 1 is 1.26 bits per heavy atom. The van der Waals surface area contributed by atoms with Crippen molar-refractivity contribution in [1.82, 2.24) is 9.80 Å². The normalized spacial score (nSPS) is 37.1. The van der Waals surface area contributed by atoms with E-state index in [4.69, 9.17) is 10.5 Å². The van der Waals surface area contributed by atoms with Gasteiger partial charge < -0.3 is 10.5 Å². The summed E-state index contributed by atoms with van der Waals surface area (Å²) in [5, 5.41) is 0. The van der Waals surface area contributed by atoms with Crippen molar-refractivity contribution in [1.29, 1.82) is 0 Å². The summed E-state index contributed by atoms with van der Waals surface area (Å²) in [7, 11) is 2.31. The van der Waals surface area contributed by atoms with Gasteiger partial charge in [-0.2, -0.15) is 0 Å². The molecule has 3 heterocycles. The fraction of sp³-hybridized carbons (Fsp3) is 1.00. The highest BCUT2D eigenvalue weighted by atomic mass is 16.5. The summed E-state index contributed by atoms with van der Waals surface area (Å²) in [5.41, 5.74) is 6.48. The molecule has 0 saturated carbocycles. The Kier molecular flexibility index (Phi) is 4.13. The van der Waals surface area contributed by atoms with Crippen LogP contribution in [0.1, 0.15) is 32.1 Å². The van der Waals surface area contributed by atoms with Gasteiger partial charge in [-0.1, -0.05) is 0 Å². The van der Waals surface area contributed by atoms with Crippen LogP contribution < -0.4 is 5.73 Å². The van der Waals surface area contributed by atoms with Gasteiger partial charge in [0.25, 0.3) is 0 Å². The standard InChI is InChI=1S/C15H29N3O/c1-17(11-13-4-9-19-10-5-13)15(12-16)6-8-18-7-2-3-14(15)18/h13-14H,2-12,16H2,1H3. The number of hydrogen-bond acceptors (Lipinski definition) is 4. The molecule has 0 bridgehead atoms. The third-order valence-corrected chi connectivity index (χ3v) is 5.80. The lowest BCUT2D eigenvalue weighted by Gasteiger charge is -2.44. The zero-order chi connectivity index (χ0) is 13.3. The zero-order valence-corrected chi connectivity index (χ0v) is 12.3. The second-order valence-corrected chi connectivity index (χ2v) is 6.69. The third-order valence-electron chi connectivity index (χ3n) is 5.80. The average Bonchev–Trinajstić information content (AvgIpc) is 3.01. The monoisotopic (exact) mass is 267 g/mol. The Morgan fingerprint density at radius 2 is 2.05 bits per heavy atom. The van der Waals surface area contributed by atoms with Gasteiger partial charge in [0, 0.05) is 44.4 Å². The molecule has 110 valence electrons. The van der Waals surface area contributed by atoms with Crippen LogP contribution in [0.3, 0.4) is 0 Å². The molecule has 4 nitrogen and oxygen atoms in total. The summed E-state index contributed by atoms with van der Waals surface area (Å²) in [6.45, 7) is 6.45. The van der Waals surface area contributed by atoms with E-state index < -0.39 is 0 Å². The molecule has 3 rings (SSSR count). The van der Waals surface area contributed by atoms with Crippen LogP contribution in [0.15, 0.2) is 0 Å². The van der Waals surface area contributed by atoms with Crippen molar-refractivity contribution in [2.24, 2.45) is 11.7 Å². The van der Waals surface area contributed by atoms with E-state index in [0.717, 1.165) is 25.7 Å². The van der Waals surface area contributed by atoms with Crippen molar-refractivity contribution in [3.05, 3.63) is 0 Å². The molecule has 2 N–H and O–H groups in total. The van der Waals surface area contributed by atoms with Crippen molar-refractivity contribution in [3.8, 4) is 0 Å². The highest BCUT2D eigenvalue weighted by Crippen LogP contribution is 2.39. The van der Waals surface area contributed by atoms with Crippen molar-refractivity contribution >= 4 is 0 Å². The second kappa shape index (κ2) is 5.68. The molecule has 0 radical (unpaired) electrons. The lowest BCUT2D eigenvalue weighted by molar-refractivity contribution is 0.0260. The molecule has 0 aromatic rings. The van der Waals surface area contributed by atoms with Crippen LogP contribution in [0, 0.1) is 5.92 Å². The first-order chi connectivity index (χ1) is 9.26. The first-order valence-corrected chi connectivity index (χ1v) is 7.99. The van der Waals surface area contributed by atoms with Crippen LogP contribution in [-0.2, 0) is 4.74 Å². The highest BCUT2D eigenvalue weighted by molar-refractivity contribution is 5.09. The molecule has 0 aromatic carbocycles. The van der Waals surface area contributed by atoms with Crippen molar-refractivity contribution in [2.45, 2.75) is 43.7 Å². The number of ether oxygens (including phenoxy) is 1. The predicted molar refractivity (Wildman–Crippen MR) is 77.2 cm³/mol. The van der Waals surface area contributed by atoms with Crippen LogP contribution in [0.4, 0.5) is 0 Å². The Balaban J connectivity index is 1.67. The van der Waals surface area contributed by atoms with E-state index in [9.17, 15) is 0 Å². The summed E-state index contributed by atoms with van der Waals surface area (Å²) in [6.07, 6.45) is 6.40. The number of nitrogens with two attached hydrogens (primary N) is 1. The van der Waals surface area contributed by atoms with Gasteiger partial charge in [-0.3, -0.25) is 9.80 Å². The SMILES string of the molecule is CN(CC1CCOCC1)C1(CN)CCN2CCCC21. The van der Waals surface area contributed by atoms with Crippen molar-refractivity contribution in [2.75, 3.05) is 46.4 Å². The minimum atomic E-state index is 0.245. The van der Waals surface area contributed by atoms with Gasteiger partial charge in [0.05, 0.1) is 0 Å². The smallest absolute Gasteiger partial charge is 0.0496 e. The highest BCUT2D eigenvalue weighted by Gasteiger charge is 2.50. The maximum absolute atomic E-state index is 6.24. The van der Waals surface area contributed by atoms with Gasteiger partial charge in [-0.05, 0) is 51.6 Å². The van der Waals surface area contributed by atoms with Crippen LogP contribution in [0.25, 0.3) is 0 Å². The molecule has 3 saturated heterocycles. The van der Waals surface area contributed by atoms with E-state index in [1.165, 1.54) is 51.7 Å². The Labute approximate surface area is 117 Å². The molecule has 0 aromatic heterocycles. The number of nitrogens with zero attached hydrogens (tertiary/aromatic N) is 2. The number of rotatable bonds is 4. The Hall–Kier alpha value is -0.160. The topological polar surface area (TPSA) is 41.7 Å². The van der Waals surface area contributed by atoms with E-state index in [2.05, 4.69) is 16.8 Å². The summed E-state index contributed by atoms with van der Waals surface area (Å²) >= 11 is 0. The van der Waals surface area contributed by atoms with E-state index in [1.807, 2.05) is 0 Å². The van der Waals surface area contributed by atoms with E-state index in [0.29, 0.717) is 6.04 Å². The van der Waals surface area contributed by atoms with Crippen LogP contribution >= 0.6 is 0 Å². The van der Waals surface area contributed by atoms with Crippen LogP contribution in [-0.4, -0.2) is 67.8 Å². The van der Waals surface area contributed by atoms with Gasteiger partial charge in [-0.25, -0.2) is 0 Å². The number of fused-ring (bicyclic) bond motifs is 1. The molecule has 2 unspecified atom stereocenters. The van der Waals surface area contributed by atoms with Gasteiger partial charge in [-0.15, -0.1) is 0 Å². The third kappa shape index (κ3) is 2.44. The summed E-state index contributed by atoms with van der Waals surface area (Å²) in [4.78, 5) is 5.28. The van der Waals surface area contributed by atoms with E-state index in [1.54, 1.807) is 0 Å². The molecule has 2 atom stereocenters. The lowest BCUT2D eigenvalue weighted by atomic mass is 9.85. The number of hydrogen-bond donors (Lipinski definition) is 1. The van der Waals surface area contributed by atoms with Crippen LogP contribution in [0.5, 0.6) is 0 Å². The molecule has 4 heteroatoms. The molecule has 0 spiro atoms. The predicted octanol–water partition coefficient (Wildman–Crippen LogP) is 0.910. The number of likely N-dealkylation sites (N-methyl/N-ethyl adjacent to an activating group) is 1. The van der Waals surface area contributed by atoms with Crippen LogP contribution in [0.2, 0.25) is 0 Å². The largest absolute Gasteiger partial charge is 0.381 e. The van der Waals surface area contributed by atoms with Gasteiger partial charge in [0.2, 0.25) is 0 Å². The molecule has 0 aliphatic carbocycles. The molecular weight excluding hydrogens is 238 g/mol. The molecule has 3 fully saturated rings. The minimum absolute atomic E-state index is 0.245. The minimum Gasteiger partial charge on any atom is -0.381 e. The molecule has 3 aliphatic heterocycles. The molecular formula is C15H29N3O. The molecule has 0 amide bonds. The average molecular weight is 267 g/mol. The Bertz CT molecular complexity index is 306. The quantitative estimate of drug-likeness (QED) is 0.822. The fourth-order valence-corrected chi connectivity index (χ4v) is 4.54. The van der Waals surface area contributed by atoms with Gasteiger partial charge >= 0.3 is 0 Å². The van der Waals surface area contributed by atoms with E-state index in [-0.39, 0.29) is 5.54 Å². The summed E-state index contributed by atoms with van der Waals surface area (Å²) < 4.78 is 5.48. The molecule has 19 heavy (non-hydrogen) atoms. The van der Waals surface area contributed by atoms with Gasteiger partial charge in [0.1, 0.15) is 0 Å². The van der Waals surface area contributed by atoms with Crippen molar-refractivity contribution in [3.63, 3.8) is 0 Å². The zero-order valence-electron chi connectivity index (χ0n) is 12.3. The second-order valence-electron chi connectivity index (χ2n) is 6.69.